The van der Waals surface area contributed by atoms with E-state index in [4.69, 9.17) is 16.9 Å². The lowest BCUT2D eigenvalue weighted by Gasteiger charge is -2.22. The summed E-state index contributed by atoms with van der Waals surface area (Å²) in [6, 6.07) is 6.42. The molecule has 102 valence electrons. The van der Waals surface area contributed by atoms with Crippen LogP contribution in [0.3, 0.4) is 0 Å². The maximum Gasteiger partial charge on any atom is 0.227 e. The third kappa shape index (κ3) is 4.22. The number of amides is 1. The van der Waals surface area contributed by atoms with Gasteiger partial charge in [0.15, 0.2) is 0 Å². The molecule has 3 nitrogen and oxygen atoms in total. The van der Waals surface area contributed by atoms with Crippen molar-refractivity contribution < 1.29 is 9.18 Å². The van der Waals surface area contributed by atoms with Gasteiger partial charge in [-0.05, 0) is 26.0 Å². The summed E-state index contributed by atoms with van der Waals surface area (Å²) in [4.78, 5) is 13.6. The Kier molecular flexibility index (Phi) is 5.78. The zero-order valence-electron chi connectivity index (χ0n) is 11.0. The summed E-state index contributed by atoms with van der Waals surface area (Å²) in [5, 5.41) is 9.02. The Balaban J connectivity index is 2.80. The van der Waals surface area contributed by atoms with E-state index in [0.717, 1.165) is 0 Å². The number of carbonyl (C=O) groups is 1. The second kappa shape index (κ2) is 7.10. The molecule has 0 radical (unpaired) electrons. The SMILES string of the molecule is CCN(C[C@@H](C)C#N)C(=O)Cc1c(F)cccc1Cl. The van der Waals surface area contributed by atoms with Crippen LogP contribution in [-0.4, -0.2) is 23.9 Å². The Bertz CT molecular complexity index is 478. The van der Waals surface area contributed by atoms with Crippen LogP contribution in [0.4, 0.5) is 4.39 Å². The van der Waals surface area contributed by atoms with E-state index >= 15 is 0 Å². The number of nitriles is 1. The molecule has 1 rings (SSSR count). The summed E-state index contributed by atoms with van der Waals surface area (Å²) in [6.07, 6.45) is -0.0858. The molecule has 0 fully saturated rings. The molecule has 0 spiro atoms. The van der Waals surface area contributed by atoms with Crippen LogP contribution in [0, 0.1) is 23.1 Å². The van der Waals surface area contributed by atoms with Crippen LogP contribution in [0.5, 0.6) is 0 Å². The molecule has 1 aromatic rings. The highest BCUT2D eigenvalue weighted by atomic mass is 35.5. The van der Waals surface area contributed by atoms with Crippen LogP contribution in [0.15, 0.2) is 18.2 Å². The number of halogens is 2. The number of likely N-dealkylation sites (N-methyl/N-ethyl adjacent to an activating group) is 1. The van der Waals surface area contributed by atoms with Gasteiger partial charge in [-0.2, -0.15) is 5.26 Å². The van der Waals surface area contributed by atoms with Gasteiger partial charge in [0.25, 0.3) is 0 Å². The maximum atomic E-state index is 13.6. The first-order valence-electron chi connectivity index (χ1n) is 6.09. The number of carbonyl (C=O) groups excluding carboxylic acids is 1. The summed E-state index contributed by atoms with van der Waals surface area (Å²) in [7, 11) is 0. The first kappa shape index (κ1) is 15.5. The fourth-order valence-electron chi connectivity index (χ4n) is 1.74. The molecule has 19 heavy (non-hydrogen) atoms. The Morgan fingerprint density at radius 3 is 2.79 bits per heavy atom. The normalized spacial score (nSPS) is 11.7. The van der Waals surface area contributed by atoms with E-state index in [1.807, 2.05) is 6.92 Å². The minimum absolute atomic E-state index is 0.0858. The van der Waals surface area contributed by atoms with Gasteiger partial charge in [0.05, 0.1) is 18.4 Å². The van der Waals surface area contributed by atoms with Crippen molar-refractivity contribution in [1.29, 1.82) is 5.26 Å². The van der Waals surface area contributed by atoms with Crippen LogP contribution >= 0.6 is 11.6 Å². The van der Waals surface area contributed by atoms with Crippen molar-refractivity contribution in [2.24, 2.45) is 5.92 Å². The molecule has 0 aliphatic carbocycles. The number of nitrogens with zero attached hydrogens (tertiary/aromatic N) is 2. The Labute approximate surface area is 117 Å². The maximum absolute atomic E-state index is 13.6. The smallest absolute Gasteiger partial charge is 0.227 e. The van der Waals surface area contributed by atoms with Crippen molar-refractivity contribution in [2.45, 2.75) is 20.3 Å². The van der Waals surface area contributed by atoms with Crippen molar-refractivity contribution in [3.63, 3.8) is 0 Å². The molecule has 0 aromatic heterocycles. The molecule has 1 amide bonds. The summed E-state index contributed by atoms with van der Waals surface area (Å²) in [5.74, 6) is -0.957. The molecule has 0 aliphatic rings. The molecule has 1 aromatic carbocycles. The lowest BCUT2D eigenvalue weighted by molar-refractivity contribution is -0.130. The van der Waals surface area contributed by atoms with E-state index in [1.165, 1.54) is 17.0 Å². The standard InChI is InChI=1S/C14H16ClFN2O/c1-3-18(9-10(2)8-17)14(19)7-11-12(15)5-4-6-13(11)16/h4-6,10H,3,7,9H2,1-2H3/t10-/m0/s1. The fraction of sp³-hybridized carbons (Fsp3) is 0.429. The summed E-state index contributed by atoms with van der Waals surface area (Å²) < 4.78 is 13.6. The number of hydrogen-bond donors (Lipinski definition) is 0. The van der Waals surface area contributed by atoms with Gasteiger partial charge in [-0.3, -0.25) is 4.79 Å². The Morgan fingerprint density at radius 1 is 1.58 bits per heavy atom. The second-order valence-corrected chi connectivity index (χ2v) is 4.75. The lowest BCUT2D eigenvalue weighted by atomic mass is 10.1. The summed E-state index contributed by atoms with van der Waals surface area (Å²) in [6.45, 7) is 4.39. The van der Waals surface area contributed by atoms with Gasteiger partial charge in [-0.15, -0.1) is 0 Å². The third-order valence-electron chi connectivity index (χ3n) is 2.84. The quantitative estimate of drug-likeness (QED) is 0.833. The molecule has 0 N–H and O–H groups in total. The summed E-state index contributed by atoms with van der Waals surface area (Å²) >= 11 is 5.89. The van der Waals surface area contributed by atoms with Gasteiger partial charge in [0, 0.05) is 23.7 Å². The number of rotatable bonds is 5. The minimum atomic E-state index is -0.481. The monoisotopic (exact) mass is 282 g/mol. The second-order valence-electron chi connectivity index (χ2n) is 4.34. The van der Waals surface area contributed by atoms with E-state index in [0.29, 0.717) is 13.1 Å². The van der Waals surface area contributed by atoms with Crippen LogP contribution in [0.2, 0.25) is 5.02 Å². The highest BCUT2D eigenvalue weighted by molar-refractivity contribution is 6.31. The predicted molar refractivity (Wildman–Crippen MR) is 72.1 cm³/mol. The van der Waals surface area contributed by atoms with E-state index < -0.39 is 5.82 Å². The fourth-order valence-corrected chi connectivity index (χ4v) is 1.97. The van der Waals surface area contributed by atoms with Crippen molar-refractivity contribution in [1.82, 2.24) is 4.90 Å². The van der Waals surface area contributed by atoms with Crippen LogP contribution in [0.1, 0.15) is 19.4 Å². The average molecular weight is 283 g/mol. The highest BCUT2D eigenvalue weighted by Gasteiger charge is 2.18. The zero-order valence-corrected chi connectivity index (χ0v) is 11.7. The topological polar surface area (TPSA) is 44.1 Å². The van der Waals surface area contributed by atoms with Gasteiger partial charge >= 0.3 is 0 Å². The average Bonchev–Trinajstić information content (AvgIpc) is 2.39. The van der Waals surface area contributed by atoms with Gasteiger partial charge in [-0.25, -0.2) is 4.39 Å². The van der Waals surface area contributed by atoms with Crippen LogP contribution in [-0.2, 0) is 11.2 Å². The van der Waals surface area contributed by atoms with E-state index in [2.05, 4.69) is 6.07 Å². The van der Waals surface area contributed by atoms with Crippen molar-refractivity contribution in [3.8, 4) is 6.07 Å². The molecule has 0 bridgehead atoms. The molecular formula is C14H16ClFN2O. The van der Waals surface area contributed by atoms with Gasteiger partial charge in [0.1, 0.15) is 5.82 Å². The van der Waals surface area contributed by atoms with Gasteiger partial charge in [0.2, 0.25) is 5.91 Å². The lowest BCUT2D eigenvalue weighted by Crippen LogP contribution is -2.35. The predicted octanol–water partition coefficient (Wildman–Crippen LogP) is 3.03. The molecular weight excluding hydrogens is 267 g/mol. The van der Waals surface area contributed by atoms with Crippen LogP contribution < -0.4 is 0 Å². The molecule has 0 heterocycles. The van der Waals surface area contributed by atoms with Gasteiger partial charge in [-0.1, -0.05) is 17.7 Å². The molecule has 5 heteroatoms. The zero-order chi connectivity index (χ0) is 14.4. The Morgan fingerprint density at radius 2 is 2.26 bits per heavy atom. The number of hydrogen-bond acceptors (Lipinski definition) is 2. The Hall–Kier alpha value is -1.60. The van der Waals surface area contributed by atoms with Crippen molar-refractivity contribution >= 4 is 17.5 Å². The van der Waals surface area contributed by atoms with Gasteiger partial charge < -0.3 is 4.90 Å². The largest absolute Gasteiger partial charge is 0.341 e. The first-order chi connectivity index (χ1) is 8.99. The van der Waals surface area contributed by atoms with Crippen LogP contribution in [0.25, 0.3) is 0 Å². The van der Waals surface area contributed by atoms with Crippen molar-refractivity contribution in [3.05, 3.63) is 34.6 Å². The van der Waals surface area contributed by atoms with E-state index in [1.54, 1.807) is 13.0 Å². The molecule has 0 unspecified atom stereocenters. The molecule has 0 saturated carbocycles. The van der Waals surface area contributed by atoms with Crippen molar-refractivity contribution in [2.75, 3.05) is 13.1 Å². The molecule has 0 aliphatic heterocycles. The first-order valence-corrected chi connectivity index (χ1v) is 6.47. The van der Waals surface area contributed by atoms with E-state index in [-0.39, 0.29) is 28.8 Å². The molecule has 0 saturated heterocycles. The summed E-state index contributed by atoms with van der Waals surface area (Å²) in [5.41, 5.74) is 0.206. The highest BCUT2D eigenvalue weighted by Crippen LogP contribution is 2.20. The third-order valence-corrected chi connectivity index (χ3v) is 3.19. The minimum Gasteiger partial charge on any atom is -0.341 e. The van der Waals surface area contributed by atoms with E-state index in [9.17, 15) is 9.18 Å². The molecule has 1 atom stereocenters. The number of benzene rings is 1.